The number of benzene rings is 1. The molecule has 1 aliphatic heterocycles. The van der Waals surface area contributed by atoms with E-state index in [4.69, 9.17) is 10.00 Å². The van der Waals surface area contributed by atoms with E-state index < -0.39 is 0 Å². The van der Waals surface area contributed by atoms with Gasteiger partial charge in [0.25, 0.3) is 0 Å². The lowest BCUT2D eigenvalue weighted by Gasteiger charge is -2.24. The summed E-state index contributed by atoms with van der Waals surface area (Å²) in [5, 5.41) is 22.4. The molecule has 0 atom stereocenters. The van der Waals surface area contributed by atoms with E-state index in [0.717, 1.165) is 31.5 Å². The van der Waals surface area contributed by atoms with Crippen LogP contribution in [0.2, 0.25) is 0 Å². The number of hydrogen-bond donors (Lipinski definition) is 2. The van der Waals surface area contributed by atoms with Crippen molar-refractivity contribution < 1.29 is 9.84 Å². The Kier molecular flexibility index (Phi) is 3.50. The SMILES string of the molecule is COc1cc(C#N)cc(C2CCNCC2)c1O. The Morgan fingerprint density at radius 1 is 1.41 bits per heavy atom. The van der Waals surface area contributed by atoms with Gasteiger partial charge in [0.05, 0.1) is 18.7 Å². The van der Waals surface area contributed by atoms with Gasteiger partial charge in [-0.1, -0.05) is 0 Å². The molecule has 1 heterocycles. The maximum Gasteiger partial charge on any atom is 0.162 e. The highest BCUT2D eigenvalue weighted by Gasteiger charge is 2.21. The number of nitriles is 1. The van der Waals surface area contributed by atoms with Crippen molar-refractivity contribution in [3.05, 3.63) is 23.3 Å². The Morgan fingerprint density at radius 3 is 2.71 bits per heavy atom. The molecular weight excluding hydrogens is 216 g/mol. The number of nitrogens with zero attached hydrogens (tertiary/aromatic N) is 1. The monoisotopic (exact) mass is 232 g/mol. The molecule has 0 amide bonds. The van der Waals surface area contributed by atoms with Crippen molar-refractivity contribution in [2.45, 2.75) is 18.8 Å². The van der Waals surface area contributed by atoms with Crippen LogP contribution < -0.4 is 10.1 Å². The first-order chi connectivity index (χ1) is 8.26. The number of aromatic hydroxyl groups is 1. The lowest BCUT2D eigenvalue weighted by molar-refractivity contribution is 0.362. The predicted octanol–water partition coefficient (Wildman–Crippen LogP) is 1.74. The molecule has 17 heavy (non-hydrogen) atoms. The summed E-state index contributed by atoms with van der Waals surface area (Å²) in [5.41, 5.74) is 1.37. The van der Waals surface area contributed by atoms with Gasteiger partial charge in [-0.05, 0) is 37.9 Å². The molecule has 4 nitrogen and oxygen atoms in total. The molecule has 1 aliphatic rings. The highest BCUT2D eigenvalue weighted by Crippen LogP contribution is 2.38. The average molecular weight is 232 g/mol. The smallest absolute Gasteiger partial charge is 0.162 e. The maximum atomic E-state index is 10.1. The summed E-state index contributed by atoms with van der Waals surface area (Å²) in [7, 11) is 1.50. The van der Waals surface area contributed by atoms with E-state index in [2.05, 4.69) is 11.4 Å². The molecule has 90 valence electrons. The standard InChI is InChI=1S/C13H16N2O2/c1-17-12-7-9(8-14)6-11(13(12)16)10-2-4-15-5-3-10/h6-7,10,15-16H,2-5H2,1H3. The first kappa shape index (κ1) is 11.7. The molecule has 0 spiro atoms. The van der Waals surface area contributed by atoms with Gasteiger partial charge in [0, 0.05) is 11.6 Å². The van der Waals surface area contributed by atoms with Gasteiger partial charge < -0.3 is 15.2 Å². The number of hydrogen-bond acceptors (Lipinski definition) is 4. The van der Waals surface area contributed by atoms with Crippen LogP contribution in [0.25, 0.3) is 0 Å². The average Bonchev–Trinajstić information content (AvgIpc) is 2.40. The molecule has 0 radical (unpaired) electrons. The second-order valence-corrected chi connectivity index (χ2v) is 4.25. The highest BCUT2D eigenvalue weighted by molar-refractivity contribution is 5.53. The first-order valence-corrected chi connectivity index (χ1v) is 5.78. The zero-order chi connectivity index (χ0) is 12.3. The Labute approximate surface area is 101 Å². The Balaban J connectivity index is 2.40. The van der Waals surface area contributed by atoms with Gasteiger partial charge >= 0.3 is 0 Å². The van der Waals surface area contributed by atoms with E-state index in [1.807, 2.05) is 0 Å². The Morgan fingerprint density at radius 2 is 2.12 bits per heavy atom. The summed E-state index contributed by atoms with van der Waals surface area (Å²) in [6.45, 7) is 1.90. The van der Waals surface area contributed by atoms with Crippen molar-refractivity contribution in [2.24, 2.45) is 0 Å². The van der Waals surface area contributed by atoms with Crippen LogP contribution in [0.1, 0.15) is 29.9 Å². The van der Waals surface area contributed by atoms with Crippen molar-refractivity contribution in [3.8, 4) is 17.6 Å². The van der Waals surface area contributed by atoms with Crippen molar-refractivity contribution in [2.75, 3.05) is 20.2 Å². The number of ether oxygens (including phenoxy) is 1. The Hall–Kier alpha value is -1.73. The summed E-state index contributed by atoms with van der Waals surface area (Å²) in [4.78, 5) is 0. The lowest BCUT2D eigenvalue weighted by Crippen LogP contribution is -2.26. The van der Waals surface area contributed by atoms with Gasteiger partial charge in [0.1, 0.15) is 0 Å². The van der Waals surface area contributed by atoms with Gasteiger partial charge in [-0.3, -0.25) is 0 Å². The third-order valence-corrected chi connectivity index (χ3v) is 3.23. The minimum atomic E-state index is 0.179. The fourth-order valence-electron chi connectivity index (χ4n) is 2.29. The quantitative estimate of drug-likeness (QED) is 0.815. The molecule has 0 saturated carbocycles. The van der Waals surface area contributed by atoms with Crippen LogP contribution >= 0.6 is 0 Å². The molecule has 2 rings (SSSR count). The van der Waals surface area contributed by atoms with E-state index in [1.54, 1.807) is 12.1 Å². The number of phenols is 1. The van der Waals surface area contributed by atoms with E-state index in [-0.39, 0.29) is 5.75 Å². The normalized spacial score (nSPS) is 16.5. The van der Waals surface area contributed by atoms with Crippen molar-refractivity contribution >= 4 is 0 Å². The van der Waals surface area contributed by atoms with Gasteiger partial charge in [-0.25, -0.2) is 0 Å². The molecule has 2 N–H and O–H groups in total. The Bertz CT molecular complexity index is 445. The second kappa shape index (κ2) is 5.07. The number of nitrogens with one attached hydrogen (secondary N) is 1. The van der Waals surface area contributed by atoms with Crippen LogP contribution in [0, 0.1) is 11.3 Å². The summed E-state index contributed by atoms with van der Waals surface area (Å²) < 4.78 is 5.10. The number of piperidine rings is 1. The molecular formula is C13H16N2O2. The molecule has 1 aromatic rings. The van der Waals surface area contributed by atoms with E-state index in [9.17, 15) is 5.11 Å². The van der Waals surface area contributed by atoms with E-state index >= 15 is 0 Å². The molecule has 0 aromatic heterocycles. The third kappa shape index (κ3) is 2.34. The second-order valence-electron chi connectivity index (χ2n) is 4.25. The summed E-state index contributed by atoms with van der Waals surface area (Å²) >= 11 is 0. The van der Waals surface area contributed by atoms with Crippen molar-refractivity contribution in [3.63, 3.8) is 0 Å². The highest BCUT2D eigenvalue weighted by atomic mass is 16.5. The molecule has 1 aromatic carbocycles. The maximum absolute atomic E-state index is 10.1. The van der Waals surface area contributed by atoms with Gasteiger partial charge in [0.15, 0.2) is 11.5 Å². The van der Waals surface area contributed by atoms with E-state index in [1.165, 1.54) is 7.11 Å². The summed E-state index contributed by atoms with van der Waals surface area (Å²) in [6.07, 6.45) is 1.96. The molecule has 4 heteroatoms. The fourth-order valence-corrected chi connectivity index (χ4v) is 2.29. The lowest BCUT2D eigenvalue weighted by atomic mass is 9.88. The topological polar surface area (TPSA) is 65.3 Å². The van der Waals surface area contributed by atoms with Gasteiger partial charge in [-0.15, -0.1) is 0 Å². The molecule has 1 fully saturated rings. The largest absolute Gasteiger partial charge is 0.504 e. The number of phenolic OH excluding ortho intramolecular Hbond substituents is 1. The predicted molar refractivity (Wildman–Crippen MR) is 64.2 cm³/mol. The van der Waals surface area contributed by atoms with Gasteiger partial charge in [0.2, 0.25) is 0 Å². The van der Waals surface area contributed by atoms with Crippen molar-refractivity contribution in [1.29, 1.82) is 5.26 Å². The number of rotatable bonds is 2. The molecule has 0 bridgehead atoms. The van der Waals surface area contributed by atoms with Crippen LogP contribution in [0.3, 0.4) is 0 Å². The zero-order valence-electron chi connectivity index (χ0n) is 9.86. The zero-order valence-corrected chi connectivity index (χ0v) is 9.86. The van der Waals surface area contributed by atoms with Crippen LogP contribution in [-0.2, 0) is 0 Å². The van der Waals surface area contributed by atoms with Gasteiger partial charge in [-0.2, -0.15) is 5.26 Å². The first-order valence-electron chi connectivity index (χ1n) is 5.78. The molecule has 0 aliphatic carbocycles. The van der Waals surface area contributed by atoms with Crippen LogP contribution in [0.4, 0.5) is 0 Å². The van der Waals surface area contributed by atoms with Crippen LogP contribution in [0.5, 0.6) is 11.5 Å². The minimum Gasteiger partial charge on any atom is -0.504 e. The molecule has 0 unspecified atom stereocenters. The van der Waals surface area contributed by atoms with E-state index in [0.29, 0.717) is 17.2 Å². The summed E-state index contributed by atoms with van der Waals surface area (Å²) in [5.74, 6) is 0.870. The number of methoxy groups -OCH3 is 1. The molecule has 1 saturated heterocycles. The minimum absolute atomic E-state index is 0.179. The van der Waals surface area contributed by atoms with Crippen LogP contribution in [-0.4, -0.2) is 25.3 Å². The van der Waals surface area contributed by atoms with Crippen molar-refractivity contribution in [1.82, 2.24) is 5.32 Å². The third-order valence-electron chi connectivity index (χ3n) is 3.23. The van der Waals surface area contributed by atoms with Crippen LogP contribution in [0.15, 0.2) is 12.1 Å². The fraction of sp³-hybridized carbons (Fsp3) is 0.462. The summed E-state index contributed by atoms with van der Waals surface area (Å²) in [6, 6.07) is 5.44.